The number of halogens is 1. The van der Waals surface area contributed by atoms with E-state index >= 15 is 0 Å². The normalized spacial score (nSPS) is 14.4. The number of nitriles is 1. The summed E-state index contributed by atoms with van der Waals surface area (Å²) in [6.45, 7) is 3.11. The average molecular weight is 232 g/mol. The van der Waals surface area contributed by atoms with Crippen LogP contribution in [0.1, 0.15) is 38.2 Å². The Morgan fingerprint density at radius 3 is 2.82 bits per heavy atom. The zero-order valence-corrected chi connectivity index (χ0v) is 10.1. The molecule has 0 spiro atoms. The fourth-order valence-electron chi connectivity index (χ4n) is 2.06. The second-order valence-corrected chi connectivity index (χ2v) is 4.55. The van der Waals surface area contributed by atoms with Crippen molar-refractivity contribution in [2.45, 2.75) is 38.6 Å². The van der Waals surface area contributed by atoms with Crippen molar-refractivity contribution >= 4 is 5.69 Å². The summed E-state index contributed by atoms with van der Waals surface area (Å²) in [6.07, 6.45) is 4.61. The number of hydrogen-bond donors (Lipinski definition) is 0. The van der Waals surface area contributed by atoms with Crippen LogP contribution in [-0.4, -0.2) is 12.6 Å². The second-order valence-electron chi connectivity index (χ2n) is 4.55. The molecule has 0 amide bonds. The highest BCUT2D eigenvalue weighted by Gasteiger charge is 2.30. The molecular formula is C14H17FN2. The van der Waals surface area contributed by atoms with Crippen LogP contribution < -0.4 is 4.90 Å². The molecule has 1 aliphatic rings. The summed E-state index contributed by atoms with van der Waals surface area (Å²) in [5, 5.41) is 9.08. The van der Waals surface area contributed by atoms with Crippen molar-refractivity contribution in [3.05, 3.63) is 29.6 Å². The van der Waals surface area contributed by atoms with E-state index in [2.05, 4.69) is 17.9 Å². The number of anilines is 1. The van der Waals surface area contributed by atoms with Crippen molar-refractivity contribution in [3.63, 3.8) is 0 Å². The van der Waals surface area contributed by atoms with Gasteiger partial charge in [-0.25, -0.2) is 4.39 Å². The van der Waals surface area contributed by atoms with E-state index in [4.69, 9.17) is 5.26 Å². The smallest absolute Gasteiger partial charge is 0.124 e. The number of benzene rings is 1. The third-order valence-electron chi connectivity index (χ3n) is 3.13. The average Bonchev–Trinajstić information content (AvgIpc) is 3.15. The molecule has 17 heavy (non-hydrogen) atoms. The number of rotatable bonds is 5. The van der Waals surface area contributed by atoms with E-state index in [9.17, 15) is 4.39 Å². The monoisotopic (exact) mass is 232 g/mol. The maximum Gasteiger partial charge on any atom is 0.124 e. The number of nitrogens with zero attached hydrogens (tertiary/aromatic N) is 2. The fourth-order valence-corrected chi connectivity index (χ4v) is 2.06. The molecule has 1 fully saturated rings. The zero-order valence-electron chi connectivity index (χ0n) is 10.1. The molecule has 1 aliphatic carbocycles. The predicted molar refractivity (Wildman–Crippen MR) is 66.4 cm³/mol. The third-order valence-corrected chi connectivity index (χ3v) is 3.13. The van der Waals surface area contributed by atoms with Crippen molar-refractivity contribution in [2.24, 2.45) is 0 Å². The molecule has 2 nitrogen and oxygen atoms in total. The topological polar surface area (TPSA) is 27.0 Å². The lowest BCUT2D eigenvalue weighted by Crippen LogP contribution is -2.27. The molecule has 90 valence electrons. The fraction of sp³-hybridized carbons (Fsp3) is 0.500. The van der Waals surface area contributed by atoms with Crippen LogP contribution in [0.25, 0.3) is 0 Å². The molecule has 0 aliphatic heterocycles. The van der Waals surface area contributed by atoms with Crippen LogP contribution in [0.2, 0.25) is 0 Å². The quantitative estimate of drug-likeness (QED) is 0.777. The Balaban J connectivity index is 2.25. The lowest BCUT2D eigenvalue weighted by molar-refractivity contribution is 0.626. The molecule has 1 saturated carbocycles. The van der Waals surface area contributed by atoms with Crippen molar-refractivity contribution in [3.8, 4) is 6.07 Å². The lowest BCUT2D eigenvalue weighted by atomic mass is 10.1. The van der Waals surface area contributed by atoms with Gasteiger partial charge < -0.3 is 4.90 Å². The summed E-state index contributed by atoms with van der Waals surface area (Å²) in [5.41, 5.74) is 1.35. The van der Waals surface area contributed by atoms with Gasteiger partial charge in [0.15, 0.2) is 0 Å². The number of unbranched alkanes of at least 4 members (excludes halogenated alkanes) is 1. The van der Waals surface area contributed by atoms with E-state index in [0.717, 1.165) is 25.1 Å². The van der Waals surface area contributed by atoms with Crippen LogP contribution in [0.4, 0.5) is 10.1 Å². The van der Waals surface area contributed by atoms with Crippen LogP contribution >= 0.6 is 0 Å². The maximum atomic E-state index is 13.1. The van der Waals surface area contributed by atoms with Gasteiger partial charge in [0.2, 0.25) is 0 Å². The number of hydrogen-bond acceptors (Lipinski definition) is 2. The Morgan fingerprint density at radius 1 is 1.47 bits per heavy atom. The molecular weight excluding hydrogens is 215 g/mol. The van der Waals surface area contributed by atoms with E-state index in [0.29, 0.717) is 11.6 Å². The van der Waals surface area contributed by atoms with Gasteiger partial charge >= 0.3 is 0 Å². The molecule has 0 unspecified atom stereocenters. The van der Waals surface area contributed by atoms with E-state index in [-0.39, 0.29) is 5.82 Å². The minimum atomic E-state index is -0.337. The minimum absolute atomic E-state index is 0.337. The SMILES string of the molecule is CCCCN(c1ccc(F)cc1C#N)C1CC1. The largest absolute Gasteiger partial charge is 0.367 e. The molecule has 0 aromatic heterocycles. The van der Waals surface area contributed by atoms with Crippen molar-refractivity contribution in [1.82, 2.24) is 0 Å². The van der Waals surface area contributed by atoms with Crippen molar-refractivity contribution in [1.29, 1.82) is 5.26 Å². The van der Waals surface area contributed by atoms with Gasteiger partial charge in [-0.15, -0.1) is 0 Å². The van der Waals surface area contributed by atoms with Gasteiger partial charge in [-0.05, 0) is 37.5 Å². The summed E-state index contributed by atoms with van der Waals surface area (Å²) < 4.78 is 13.1. The van der Waals surface area contributed by atoms with Gasteiger partial charge in [0.05, 0.1) is 11.3 Å². The summed E-state index contributed by atoms with van der Waals surface area (Å²) >= 11 is 0. The summed E-state index contributed by atoms with van der Waals surface area (Å²) in [4.78, 5) is 2.27. The first kappa shape index (κ1) is 11.9. The van der Waals surface area contributed by atoms with Crippen LogP contribution in [0, 0.1) is 17.1 Å². The Bertz CT molecular complexity index is 432. The molecule has 0 radical (unpaired) electrons. The molecule has 0 N–H and O–H groups in total. The van der Waals surface area contributed by atoms with Gasteiger partial charge in [-0.3, -0.25) is 0 Å². The highest BCUT2D eigenvalue weighted by molar-refractivity contribution is 5.60. The van der Waals surface area contributed by atoms with Crippen LogP contribution in [-0.2, 0) is 0 Å². The minimum Gasteiger partial charge on any atom is -0.367 e. The van der Waals surface area contributed by atoms with E-state index in [1.807, 2.05) is 0 Å². The van der Waals surface area contributed by atoms with Gasteiger partial charge in [0, 0.05) is 12.6 Å². The molecule has 3 heteroatoms. The molecule has 0 atom stereocenters. The molecule has 1 aromatic rings. The van der Waals surface area contributed by atoms with Gasteiger partial charge in [0.25, 0.3) is 0 Å². The standard InChI is InChI=1S/C14H17FN2/c1-2-3-8-17(13-5-6-13)14-7-4-12(15)9-11(14)10-16/h4,7,9,13H,2-3,5-6,8H2,1H3. The van der Waals surface area contributed by atoms with Crippen molar-refractivity contribution in [2.75, 3.05) is 11.4 Å². The Hall–Kier alpha value is -1.56. The zero-order chi connectivity index (χ0) is 12.3. The van der Waals surface area contributed by atoms with E-state index in [1.54, 1.807) is 6.07 Å². The first-order valence-corrected chi connectivity index (χ1v) is 6.22. The predicted octanol–water partition coefficient (Wildman–Crippen LogP) is 3.47. The third kappa shape index (κ3) is 2.76. The van der Waals surface area contributed by atoms with Gasteiger partial charge in [0.1, 0.15) is 11.9 Å². The molecule has 0 saturated heterocycles. The summed E-state index contributed by atoms with van der Waals surface area (Å²) in [6, 6.07) is 7.16. The molecule has 2 rings (SSSR count). The van der Waals surface area contributed by atoms with Crippen molar-refractivity contribution < 1.29 is 4.39 Å². The van der Waals surface area contributed by atoms with Crippen LogP contribution in [0.15, 0.2) is 18.2 Å². The summed E-state index contributed by atoms with van der Waals surface area (Å²) in [7, 11) is 0. The first-order chi connectivity index (χ1) is 8.26. The molecule has 1 aromatic carbocycles. The Morgan fingerprint density at radius 2 is 2.24 bits per heavy atom. The highest BCUT2D eigenvalue weighted by Crippen LogP contribution is 2.33. The highest BCUT2D eigenvalue weighted by atomic mass is 19.1. The first-order valence-electron chi connectivity index (χ1n) is 6.22. The summed E-state index contributed by atoms with van der Waals surface area (Å²) in [5.74, 6) is -0.337. The second kappa shape index (κ2) is 5.18. The molecule has 0 heterocycles. The van der Waals surface area contributed by atoms with E-state index in [1.165, 1.54) is 25.0 Å². The Kier molecular flexibility index (Phi) is 3.63. The maximum absolute atomic E-state index is 13.1. The lowest BCUT2D eigenvalue weighted by Gasteiger charge is -2.25. The van der Waals surface area contributed by atoms with Crippen LogP contribution in [0.5, 0.6) is 0 Å². The van der Waals surface area contributed by atoms with Gasteiger partial charge in [-0.2, -0.15) is 5.26 Å². The molecule has 0 bridgehead atoms. The van der Waals surface area contributed by atoms with Gasteiger partial charge in [-0.1, -0.05) is 13.3 Å². The van der Waals surface area contributed by atoms with Crippen LogP contribution in [0.3, 0.4) is 0 Å². The Labute approximate surface area is 102 Å². The van der Waals surface area contributed by atoms with E-state index < -0.39 is 0 Å².